The lowest BCUT2D eigenvalue weighted by molar-refractivity contribution is 0.0652. The lowest BCUT2D eigenvalue weighted by Gasteiger charge is -2.26. The largest absolute Gasteiger partial charge is 0.497 e. The SMILES string of the molecule is CCCCOc1c(O)nc(Cc2cc(OC)ccc2-c2ccccc2)nc1C(=O)N(CCO)C(C)C. The summed E-state index contributed by atoms with van der Waals surface area (Å²) in [7, 11) is 1.60. The minimum atomic E-state index is -0.432. The summed E-state index contributed by atoms with van der Waals surface area (Å²) in [6.45, 7) is 6.01. The topological polar surface area (TPSA) is 105 Å². The van der Waals surface area contributed by atoms with Crippen molar-refractivity contribution in [3.63, 3.8) is 0 Å². The number of aliphatic hydroxyl groups excluding tert-OH is 1. The number of unbranched alkanes of at least 4 members (excludes halogenated alkanes) is 1. The highest BCUT2D eigenvalue weighted by atomic mass is 16.5. The highest BCUT2D eigenvalue weighted by Crippen LogP contribution is 2.32. The molecule has 3 rings (SSSR count). The summed E-state index contributed by atoms with van der Waals surface area (Å²) in [6.07, 6.45) is 1.90. The van der Waals surface area contributed by atoms with Crippen molar-refractivity contribution in [2.24, 2.45) is 0 Å². The van der Waals surface area contributed by atoms with Crippen LogP contribution in [0.15, 0.2) is 48.5 Å². The molecule has 2 N–H and O–H groups in total. The van der Waals surface area contributed by atoms with Crippen molar-refractivity contribution < 1.29 is 24.5 Å². The second-order valence-electron chi connectivity index (χ2n) is 8.72. The second kappa shape index (κ2) is 12.9. The maximum atomic E-state index is 13.5. The van der Waals surface area contributed by atoms with Crippen LogP contribution in [0.3, 0.4) is 0 Å². The maximum Gasteiger partial charge on any atom is 0.276 e. The molecule has 8 nitrogen and oxygen atoms in total. The molecule has 0 saturated carbocycles. The molecule has 1 amide bonds. The summed E-state index contributed by atoms with van der Waals surface area (Å²) in [4.78, 5) is 23.9. The van der Waals surface area contributed by atoms with Gasteiger partial charge in [0.05, 0.1) is 20.3 Å². The number of nitrogens with zero attached hydrogens (tertiary/aromatic N) is 3. The average molecular weight is 494 g/mol. The summed E-state index contributed by atoms with van der Waals surface area (Å²) >= 11 is 0. The van der Waals surface area contributed by atoms with Crippen molar-refractivity contribution in [1.82, 2.24) is 14.9 Å². The van der Waals surface area contributed by atoms with Crippen LogP contribution in [-0.2, 0) is 6.42 Å². The molecule has 8 heteroatoms. The summed E-state index contributed by atoms with van der Waals surface area (Å²) in [5, 5.41) is 20.3. The predicted molar refractivity (Wildman–Crippen MR) is 139 cm³/mol. The van der Waals surface area contributed by atoms with Crippen LogP contribution in [0.4, 0.5) is 0 Å². The van der Waals surface area contributed by atoms with Crippen LogP contribution in [-0.4, -0.2) is 63.9 Å². The second-order valence-corrected chi connectivity index (χ2v) is 8.72. The summed E-state index contributed by atoms with van der Waals surface area (Å²) in [5.41, 5.74) is 2.86. The van der Waals surface area contributed by atoms with Gasteiger partial charge in [0.1, 0.15) is 11.6 Å². The van der Waals surface area contributed by atoms with Crippen LogP contribution in [0.25, 0.3) is 11.1 Å². The lowest BCUT2D eigenvalue weighted by atomic mass is 9.97. The lowest BCUT2D eigenvalue weighted by Crippen LogP contribution is -2.39. The minimum absolute atomic E-state index is 0.0140. The Morgan fingerprint density at radius 1 is 1.11 bits per heavy atom. The Kier molecular flexibility index (Phi) is 9.64. The normalized spacial score (nSPS) is 10.9. The zero-order chi connectivity index (χ0) is 26.1. The highest BCUT2D eigenvalue weighted by molar-refractivity contribution is 5.95. The van der Waals surface area contributed by atoms with Gasteiger partial charge in [-0.15, -0.1) is 0 Å². The first-order valence-corrected chi connectivity index (χ1v) is 12.3. The van der Waals surface area contributed by atoms with Crippen LogP contribution in [0.5, 0.6) is 17.4 Å². The number of aromatic nitrogens is 2. The molecule has 192 valence electrons. The van der Waals surface area contributed by atoms with E-state index in [0.29, 0.717) is 12.4 Å². The van der Waals surface area contributed by atoms with E-state index in [4.69, 9.17) is 9.47 Å². The molecule has 3 aromatic rings. The Morgan fingerprint density at radius 2 is 1.86 bits per heavy atom. The van der Waals surface area contributed by atoms with E-state index >= 15 is 0 Å². The third kappa shape index (κ3) is 6.51. The number of methoxy groups -OCH3 is 1. The minimum Gasteiger partial charge on any atom is -0.497 e. The number of carbonyl (C=O) groups is 1. The number of aliphatic hydroxyl groups is 1. The summed E-state index contributed by atoms with van der Waals surface area (Å²) in [5.74, 6) is 0.111. The number of benzene rings is 2. The molecule has 0 radical (unpaired) electrons. The van der Waals surface area contributed by atoms with E-state index in [-0.39, 0.29) is 48.8 Å². The monoisotopic (exact) mass is 493 g/mol. The Hall–Kier alpha value is -3.65. The van der Waals surface area contributed by atoms with Crippen molar-refractivity contribution in [2.45, 2.75) is 46.1 Å². The smallest absolute Gasteiger partial charge is 0.276 e. The van der Waals surface area contributed by atoms with Crippen molar-refractivity contribution >= 4 is 5.91 Å². The predicted octanol–water partition coefficient (Wildman–Crippen LogP) is 4.47. The average Bonchev–Trinajstić information content (AvgIpc) is 2.88. The fourth-order valence-corrected chi connectivity index (χ4v) is 3.91. The third-order valence-corrected chi connectivity index (χ3v) is 5.81. The van der Waals surface area contributed by atoms with Crippen LogP contribution >= 0.6 is 0 Å². The number of hydrogen-bond donors (Lipinski definition) is 2. The molecule has 0 saturated heterocycles. The molecule has 1 heterocycles. The molecule has 0 atom stereocenters. The molecule has 0 fully saturated rings. The Morgan fingerprint density at radius 3 is 2.50 bits per heavy atom. The third-order valence-electron chi connectivity index (χ3n) is 5.81. The Balaban J connectivity index is 2.08. The van der Waals surface area contributed by atoms with E-state index in [1.165, 1.54) is 4.90 Å². The van der Waals surface area contributed by atoms with Crippen LogP contribution in [0, 0.1) is 0 Å². The van der Waals surface area contributed by atoms with Gasteiger partial charge in [-0.25, -0.2) is 4.98 Å². The number of rotatable bonds is 12. The molecule has 36 heavy (non-hydrogen) atoms. The Bertz CT molecular complexity index is 1150. The molecule has 2 aromatic carbocycles. The molecule has 1 aromatic heterocycles. The van der Waals surface area contributed by atoms with Gasteiger partial charge in [-0.2, -0.15) is 4.98 Å². The van der Waals surface area contributed by atoms with Gasteiger partial charge in [0, 0.05) is 19.0 Å². The van der Waals surface area contributed by atoms with Crippen molar-refractivity contribution in [3.05, 3.63) is 65.6 Å². The Labute approximate surface area is 212 Å². The van der Waals surface area contributed by atoms with E-state index in [0.717, 1.165) is 29.5 Å². The molecule has 0 aliphatic heterocycles. The molecule has 0 aliphatic carbocycles. The van der Waals surface area contributed by atoms with Gasteiger partial charge in [-0.1, -0.05) is 49.7 Å². The van der Waals surface area contributed by atoms with Gasteiger partial charge < -0.3 is 24.6 Å². The molecule has 0 bridgehead atoms. The zero-order valence-corrected chi connectivity index (χ0v) is 21.4. The fraction of sp³-hybridized carbons (Fsp3) is 0.393. The molecule has 0 aliphatic rings. The van der Waals surface area contributed by atoms with Crippen LogP contribution in [0.2, 0.25) is 0 Å². The van der Waals surface area contributed by atoms with Gasteiger partial charge in [0.15, 0.2) is 5.69 Å². The number of ether oxygens (including phenoxy) is 2. The van der Waals surface area contributed by atoms with E-state index in [1.54, 1.807) is 7.11 Å². The molecular weight excluding hydrogens is 458 g/mol. The van der Waals surface area contributed by atoms with E-state index in [1.807, 2.05) is 69.3 Å². The standard InChI is InChI=1S/C28H35N3O5/c1-5-6-16-36-26-25(28(34)31(14-15-32)19(2)3)29-24(30-27(26)33)18-21-17-22(35-4)12-13-23(21)20-10-8-7-9-11-20/h7-13,17,19,32H,5-6,14-16,18H2,1-4H3,(H,29,30,33). The highest BCUT2D eigenvalue weighted by Gasteiger charge is 2.27. The van der Waals surface area contributed by atoms with Gasteiger partial charge in [0.25, 0.3) is 11.8 Å². The first-order chi connectivity index (χ1) is 17.4. The van der Waals surface area contributed by atoms with Gasteiger partial charge in [-0.05, 0) is 49.1 Å². The van der Waals surface area contributed by atoms with Crippen LogP contribution in [0.1, 0.15) is 55.5 Å². The summed E-state index contributed by atoms with van der Waals surface area (Å²) in [6, 6.07) is 15.5. The molecule has 0 spiro atoms. The van der Waals surface area contributed by atoms with Crippen LogP contribution < -0.4 is 9.47 Å². The van der Waals surface area contributed by atoms with E-state index in [9.17, 15) is 15.0 Å². The number of amides is 1. The maximum absolute atomic E-state index is 13.5. The molecular formula is C28H35N3O5. The number of carbonyl (C=O) groups excluding carboxylic acids is 1. The first-order valence-electron chi connectivity index (χ1n) is 12.3. The van der Waals surface area contributed by atoms with E-state index < -0.39 is 5.91 Å². The summed E-state index contributed by atoms with van der Waals surface area (Å²) < 4.78 is 11.2. The van der Waals surface area contributed by atoms with E-state index in [2.05, 4.69) is 9.97 Å². The van der Waals surface area contributed by atoms with Crippen molar-refractivity contribution in [3.8, 4) is 28.5 Å². The number of aromatic hydroxyl groups is 1. The zero-order valence-electron chi connectivity index (χ0n) is 21.4. The first kappa shape index (κ1) is 26.9. The van der Waals surface area contributed by atoms with Crippen molar-refractivity contribution in [2.75, 3.05) is 26.9 Å². The van der Waals surface area contributed by atoms with Gasteiger partial charge in [-0.3, -0.25) is 4.79 Å². The number of hydrogen-bond acceptors (Lipinski definition) is 7. The molecule has 0 unspecified atom stereocenters. The van der Waals surface area contributed by atoms with Crippen molar-refractivity contribution in [1.29, 1.82) is 0 Å². The van der Waals surface area contributed by atoms with Gasteiger partial charge in [0.2, 0.25) is 5.75 Å². The van der Waals surface area contributed by atoms with Gasteiger partial charge >= 0.3 is 0 Å². The fourth-order valence-electron chi connectivity index (χ4n) is 3.91. The quantitative estimate of drug-likeness (QED) is 0.359.